The van der Waals surface area contributed by atoms with Crippen LogP contribution in [-0.2, 0) is 14.3 Å². The highest BCUT2D eigenvalue weighted by atomic mass is 16.5. The maximum atomic E-state index is 11.8. The monoisotopic (exact) mass is 298 g/mol. The van der Waals surface area contributed by atoms with Crippen LogP contribution in [0.1, 0.15) is 45.4 Å². The van der Waals surface area contributed by atoms with Crippen LogP contribution in [0.3, 0.4) is 0 Å². The van der Waals surface area contributed by atoms with Gasteiger partial charge in [0.1, 0.15) is 6.10 Å². The van der Waals surface area contributed by atoms with Gasteiger partial charge in [0.25, 0.3) is 0 Å². The molecule has 120 valence electrons. The third-order valence-corrected chi connectivity index (χ3v) is 4.16. The molecule has 2 amide bonds. The van der Waals surface area contributed by atoms with Crippen LogP contribution in [-0.4, -0.2) is 48.3 Å². The molecule has 2 aliphatic rings. The molecule has 1 aliphatic heterocycles. The first-order valence-electron chi connectivity index (χ1n) is 7.94. The minimum absolute atomic E-state index is 0.0135. The summed E-state index contributed by atoms with van der Waals surface area (Å²) in [6.07, 6.45) is 4.04. The van der Waals surface area contributed by atoms with Gasteiger partial charge in [0, 0.05) is 13.0 Å². The Labute approximate surface area is 125 Å². The number of aliphatic hydroxyl groups is 1. The van der Waals surface area contributed by atoms with Gasteiger partial charge >= 0.3 is 0 Å². The molecular formula is C15H26N2O4. The van der Waals surface area contributed by atoms with E-state index in [4.69, 9.17) is 4.74 Å². The number of hydrogen-bond donors (Lipinski definition) is 3. The van der Waals surface area contributed by atoms with Crippen molar-refractivity contribution in [2.45, 2.75) is 63.7 Å². The molecule has 6 heteroatoms. The molecule has 21 heavy (non-hydrogen) atoms. The van der Waals surface area contributed by atoms with Crippen molar-refractivity contribution >= 4 is 11.8 Å². The maximum absolute atomic E-state index is 11.8. The zero-order valence-corrected chi connectivity index (χ0v) is 12.6. The van der Waals surface area contributed by atoms with E-state index in [0.29, 0.717) is 18.8 Å². The van der Waals surface area contributed by atoms with Gasteiger partial charge in [0.05, 0.1) is 25.2 Å². The number of rotatable bonds is 7. The number of hydrogen-bond acceptors (Lipinski definition) is 4. The van der Waals surface area contributed by atoms with E-state index >= 15 is 0 Å². The van der Waals surface area contributed by atoms with E-state index in [1.165, 1.54) is 12.8 Å². The van der Waals surface area contributed by atoms with Crippen molar-refractivity contribution in [3.05, 3.63) is 0 Å². The summed E-state index contributed by atoms with van der Waals surface area (Å²) in [6.45, 7) is 2.42. The lowest BCUT2D eigenvalue weighted by Gasteiger charge is -2.36. The fraction of sp³-hybridized carbons (Fsp3) is 0.867. The highest BCUT2D eigenvalue weighted by Crippen LogP contribution is 2.27. The first kappa shape index (κ1) is 16.2. The predicted molar refractivity (Wildman–Crippen MR) is 77.6 cm³/mol. The van der Waals surface area contributed by atoms with Crippen LogP contribution in [0.15, 0.2) is 0 Å². The predicted octanol–water partition coefficient (Wildman–Crippen LogP) is 0.337. The standard InChI is InChI=1S/C15H26N2O4/c1-2-14(19)17-12-6-5-11(21-13(12)9-18)7-15(20)16-8-10-3-4-10/h10-13,18H,2-9H2,1H3,(H,16,20)(H,17,19)/t11-,12-,13-/m1/s1. The van der Waals surface area contributed by atoms with Crippen molar-refractivity contribution in [3.8, 4) is 0 Å². The number of carbonyl (C=O) groups excluding carboxylic acids is 2. The summed E-state index contributed by atoms with van der Waals surface area (Å²) in [6, 6.07) is -0.159. The molecule has 1 saturated carbocycles. The summed E-state index contributed by atoms with van der Waals surface area (Å²) in [5, 5.41) is 15.2. The molecule has 0 unspecified atom stereocenters. The first-order valence-corrected chi connectivity index (χ1v) is 7.94. The fourth-order valence-corrected chi connectivity index (χ4v) is 2.61. The summed E-state index contributed by atoms with van der Waals surface area (Å²) in [7, 11) is 0. The number of carbonyl (C=O) groups is 2. The summed E-state index contributed by atoms with van der Waals surface area (Å²) in [5.41, 5.74) is 0. The lowest BCUT2D eigenvalue weighted by atomic mass is 9.97. The minimum Gasteiger partial charge on any atom is -0.394 e. The Hall–Kier alpha value is -1.14. The van der Waals surface area contributed by atoms with E-state index in [-0.39, 0.29) is 30.6 Å². The molecule has 0 aromatic carbocycles. The minimum atomic E-state index is -0.421. The van der Waals surface area contributed by atoms with Crippen LogP contribution in [0.4, 0.5) is 0 Å². The molecule has 3 N–H and O–H groups in total. The van der Waals surface area contributed by atoms with Crippen LogP contribution in [0.2, 0.25) is 0 Å². The molecule has 0 bridgehead atoms. The smallest absolute Gasteiger partial charge is 0.222 e. The van der Waals surface area contributed by atoms with Crippen molar-refractivity contribution in [3.63, 3.8) is 0 Å². The van der Waals surface area contributed by atoms with Gasteiger partial charge in [-0.1, -0.05) is 6.92 Å². The molecule has 1 saturated heterocycles. The summed E-state index contributed by atoms with van der Waals surface area (Å²) in [4.78, 5) is 23.3. The largest absolute Gasteiger partial charge is 0.394 e. The molecule has 0 radical (unpaired) electrons. The highest BCUT2D eigenvalue weighted by molar-refractivity contribution is 5.76. The average Bonchev–Trinajstić information content (AvgIpc) is 3.30. The van der Waals surface area contributed by atoms with Gasteiger partial charge in [-0.25, -0.2) is 0 Å². The number of aliphatic hydroxyl groups excluding tert-OH is 1. The molecular weight excluding hydrogens is 272 g/mol. The SMILES string of the molecule is CCC(=O)N[C@@H]1CC[C@H](CC(=O)NCC2CC2)O[C@@H]1CO. The molecule has 2 rings (SSSR count). The summed E-state index contributed by atoms with van der Waals surface area (Å²) < 4.78 is 5.76. The maximum Gasteiger partial charge on any atom is 0.222 e. The average molecular weight is 298 g/mol. The van der Waals surface area contributed by atoms with Gasteiger partial charge in [-0.2, -0.15) is 0 Å². The van der Waals surface area contributed by atoms with Crippen LogP contribution in [0.25, 0.3) is 0 Å². The molecule has 6 nitrogen and oxygen atoms in total. The second kappa shape index (κ2) is 7.75. The van der Waals surface area contributed by atoms with E-state index in [9.17, 15) is 14.7 Å². The molecule has 0 aromatic rings. The topological polar surface area (TPSA) is 87.7 Å². The van der Waals surface area contributed by atoms with E-state index in [1.54, 1.807) is 6.92 Å². The summed E-state index contributed by atoms with van der Waals surface area (Å²) >= 11 is 0. The van der Waals surface area contributed by atoms with Gasteiger partial charge in [-0.3, -0.25) is 9.59 Å². The first-order chi connectivity index (χ1) is 10.1. The van der Waals surface area contributed by atoms with Crippen molar-refractivity contribution in [2.24, 2.45) is 5.92 Å². The Bertz CT molecular complexity index is 371. The number of amides is 2. The fourth-order valence-electron chi connectivity index (χ4n) is 2.61. The van der Waals surface area contributed by atoms with E-state index < -0.39 is 6.10 Å². The number of nitrogens with one attached hydrogen (secondary N) is 2. The van der Waals surface area contributed by atoms with Crippen LogP contribution in [0, 0.1) is 5.92 Å². The molecule has 0 aromatic heterocycles. The quantitative estimate of drug-likeness (QED) is 0.632. The Morgan fingerprint density at radius 1 is 1.19 bits per heavy atom. The van der Waals surface area contributed by atoms with Gasteiger partial charge in [0.2, 0.25) is 11.8 Å². The lowest BCUT2D eigenvalue weighted by molar-refractivity contribution is -0.135. The molecule has 1 aliphatic carbocycles. The Kier molecular flexibility index (Phi) is 5.99. The third-order valence-electron chi connectivity index (χ3n) is 4.16. The molecule has 2 fully saturated rings. The summed E-state index contributed by atoms with van der Waals surface area (Å²) in [5.74, 6) is 0.641. The van der Waals surface area contributed by atoms with Crippen LogP contribution >= 0.6 is 0 Å². The van der Waals surface area contributed by atoms with Crippen molar-refractivity contribution in [2.75, 3.05) is 13.2 Å². The van der Waals surface area contributed by atoms with Gasteiger partial charge < -0.3 is 20.5 Å². The second-order valence-electron chi connectivity index (χ2n) is 6.04. The van der Waals surface area contributed by atoms with Crippen molar-refractivity contribution in [1.82, 2.24) is 10.6 Å². The molecule has 1 heterocycles. The zero-order chi connectivity index (χ0) is 15.2. The van der Waals surface area contributed by atoms with Crippen molar-refractivity contribution < 1.29 is 19.4 Å². The normalized spacial score (nSPS) is 29.0. The lowest BCUT2D eigenvalue weighted by Crippen LogP contribution is -2.51. The van der Waals surface area contributed by atoms with Crippen LogP contribution < -0.4 is 10.6 Å². The zero-order valence-electron chi connectivity index (χ0n) is 12.6. The van der Waals surface area contributed by atoms with Crippen LogP contribution in [0.5, 0.6) is 0 Å². The Morgan fingerprint density at radius 2 is 1.95 bits per heavy atom. The van der Waals surface area contributed by atoms with Gasteiger partial charge in [-0.05, 0) is 31.6 Å². The number of ether oxygens (including phenoxy) is 1. The molecule has 0 spiro atoms. The van der Waals surface area contributed by atoms with Gasteiger partial charge in [0.15, 0.2) is 0 Å². The van der Waals surface area contributed by atoms with E-state index in [1.807, 2.05) is 0 Å². The Morgan fingerprint density at radius 3 is 2.57 bits per heavy atom. The highest BCUT2D eigenvalue weighted by Gasteiger charge is 2.32. The van der Waals surface area contributed by atoms with E-state index in [0.717, 1.165) is 19.4 Å². The van der Waals surface area contributed by atoms with Gasteiger partial charge in [-0.15, -0.1) is 0 Å². The Balaban J connectivity index is 1.73. The van der Waals surface area contributed by atoms with Crippen molar-refractivity contribution in [1.29, 1.82) is 0 Å². The molecule has 3 atom stereocenters. The second-order valence-corrected chi connectivity index (χ2v) is 6.04. The third kappa shape index (κ3) is 5.28. The van der Waals surface area contributed by atoms with E-state index in [2.05, 4.69) is 10.6 Å².